The van der Waals surface area contributed by atoms with E-state index in [2.05, 4.69) is 4.72 Å². The number of aliphatic hydroxyl groups excluding tert-OH is 1. The summed E-state index contributed by atoms with van der Waals surface area (Å²) in [6.45, 7) is -0.378. The molecule has 8 heteroatoms. The van der Waals surface area contributed by atoms with Gasteiger partial charge in [-0.05, 0) is 41.0 Å². The van der Waals surface area contributed by atoms with E-state index in [1.807, 2.05) is 0 Å². The molecule has 2 aromatic carbocycles. The number of hydrogen-bond acceptors (Lipinski definition) is 3. The van der Waals surface area contributed by atoms with Gasteiger partial charge in [-0.2, -0.15) is 13.2 Å². The summed E-state index contributed by atoms with van der Waals surface area (Å²) >= 11 is -2.50. The van der Waals surface area contributed by atoms with Crippen molar-refractivity contribution in [3.63, 3.8) is 0 Å². The molecule has 0 amide bonds. The molecule has 118 valence electrons. The van der Waals surface area contributed by atoms with Gasteiger partial charge in [0.2, 0.25) is 0 Å². The molecular formula is C14H11F3NO3S-. The lowest BCUT2D eigenvalue weighted by Crippen LogP contribution is -2.04. The molecule has 0 aliphatic heterocycles. The lowest BCUT2D eigenvalue weighted by atomic mass is 9.98. The zero-order chi connectivity index (χ0) is 16.3. The third kappa shape index (κ3) is 3.85. The van der Waals surface area contributed by atoms with Crippen LogP contribution in [0.5, 0.6) is 0 Å². The highest BCUT2D eigenvalue weighted by Gasteiger charge is 2.30. The smallest absolute Gasteiger partial charge is 0.416 e. The van der Waals surface area contributed by atoms with Gasteiger partial charge in [-0.1, -0.05) is 18.2 Å². The topological polar surface area (TPSA) is 72.4 Å². The van der Waals surface area contributed by atoms with E-state index in [9.17, 15) is 27.0 Å². The predicted octanol–water partition coefficient (Wildman–Crippen LogP) is 3.07. The van der Waals surface area contributed by atoms with Gasteiger partial charge in [-0.3, -0.25) is 4.21 Å². The van der Waals surface area contributed by atoms with Crippen molar-refractivity contribution >= 4 is 17.0 Å². The monoisotopic (exact) mass is 330 g/mol. The number of aliphatic hydroxyl groups is 1. The maximum absolute atomic E-state index is 12.5. The zero-order valence-electron chi connectivity index (χ0n) is 11.1. The highest BCUT2D eigenvalue weighted by molar-refractivity contribution is 7.80. The largest absolute Gasteiger partial charge is 0.755 e. The van der Waals surface area contributed by atoms with E-state index in [4.69, 9.17) is 0 Å². The Hall–Kier alpha value is -1.90. The van der Waals surface area contributed by atoms with E-state index in [1.165, 1.54) is 30.3 Å². The summed E-state index contributed by atoms with van der Waals surface area (Å²) in [5, 5.41) is 9.36. The molecule has 0 saturated heterocycles. The van der Waals surface area contributed by atoms with Crippen molar-refractivity contribution in [1.82, 2.24) is 0 Å². The first kappa shape index (κ1) is 16.5. The Labute approximate surface area is 127 Å². The number of benzene rings is 2. The first-order valence-corrected chi connectivity index (χ1v) is 7.16. The molecule has 0 fully saturated rings. The lowest BCUT2D eigenvalue weighted by molar-refractivity contribution is -0.137. The molecule has 2 N–H and O–H groups in total. The number of anilines is 1. The highest BCUT2D eigenvalue weighted by Crippen LogP contribution is 2.32. The van der Waals surface area contributed by atoms with Gasteiger partial charge in [0, 0.05) is 17.0 Å². The predicted molar refractivity (Wildman–Crippen MR) is 75.3 cm³/mol. The zero-order valence-corrected chi connectivity index (χ0v) is 11.9. The average Bonchev–Trinajstić information content (AvgIpc) is 2.45. The second-order valence-corrected chi connectivity index (χ2v) is 5.12. The Morgan fingerprint density at radius 1 is 1.14 bits per heavy atom. The molecule has 22 heavy (non-hydrogen) atoms. The molecule has 0 radical (unpaired) electrons. The Kier molecular flexibility index (Phi) is 4.84. The molecule has 2 rings (SSSR count). The van der Waals surface area contributed by atoms with Crippen LogP contribution in [-0.2, 0) is 24.0 Å². The Morgan fingerprint density at radius 2 is 1.77 bits per heavy atom. The lowest BCUT2D eigenvalue weighted by Gasteiger charge is -2.14. The molecule has 0 bridgehead atoms. The van der Waals surface area contributed by atoms with Gasteiger partial charge in [0.15, 0.2) is 0 Å². The van der Waals surface area contributed by atoms with Crippen LogP contribution in [0.2, 0.25) is 0 Å². The molecule has 4 nitrogen and oxygen atoms in total. The van der Waals surface area contributed by atoms with Crippen LogP contribution in [0.15, 0.2) is 42.5 Å². The summed E-state index contributed by atoms with van der Waals surface area (Å²) in [7, 11) is 0. The van der Waals surface area contributed by atoms with Gasteiger partial charge < -0.3 is 14.4 Å². The van der Waals surface area contributed by atoms with Crippen LogP contribution in [-0.4, -0.2) is 13.9 Å². The van der Waals surface area contributed by atoms with Crippen molar-refractivity contribution < 1.29 is 27.0 Å². The molecule has 0 heterocycles. The van der Waals surface area contributed by atoms with E-state index in [1.54, 1.807) is 0 Å². The molecule has 2 aromatic rings. The molecule has 0 aliphatic rings. The van der Waals surface area contributed by atoms with Crippen molar-refractivity contribution in [2.45, 2.75) is 12.8 Å². The minimum atomic E-state index is -4.41. The van der Waals surface area contributed by atoms with Crippen LogP contribution < -0.4 is 4.72 Å². The quantitative estimate of drug-likeness (QED) is 0.846. The first-order chi connectivity index (χ1) is 10.3. The maximum atomic E-state index is 12.5. The average molecular weight is 330 g/mol. The van der Waals surface area contributed by atoms with E-state index < -0.39 is 23.0 Å². The van der Waals surface area contributed by atoms with Gasteiger partial charge in [0.25, 0.3) is 0 Å². The summed E-state index contributed by atoms with van der Waals surface area (Å²) in [4.78, 5) is 0. The van der Waals surface area contributed by atoms with Gasteiger partial charge in [-0.15, -0.1) is 0 Å². The fourth-order valence-corrected chi connectivity index (χ4v) is 2.32. The molecular weight excluding hydrogens is 319 g/mol. The van der Waals surface area contributed by atoms with E-state index in [0.717, 1.165) is 12.1 Å². The van der Waals surface area contributed by atoms with Crippen LogP contribution in [0.1, 0.15) is 11.1 Å². The number of hydrogen-bond donors (Lipinski definition) is 2. The van der Waals surface area contributed by atoms with Crippen LogP contribution in [0.25, 0.3) is 11.1 Å². The third-order valence-electron chi connectivity index (χ3n) is 3.00. The third-order valence-corrected chi connectivity index (χ3v) is 3.40. The van der Waals surface area contributed by atoms with Crippen LogP contribution in [0.4, 0.5) is 18.9 Å². The molecule has 1 unspecified atom stereocenters. The van der Waals surface area contributed by atoms with Crippen LogP contribution in [0.3, 0.4) is 0 Å². The van der Waals surface area contributed by atoms with Gasteiger partial charge in [0.05, 0.1) is 12.2 Å². The summed E-state index contributed by atoms with van der Waals surface area (Å²) in [6.07, 6.45) is -4.41. The Bertz CT molecular complexity index is 687. The van der Waals surface area contributed by atoms with Gasteiger partial charge in [0.1, 0.15) is 0 Å². The summed E-state index contributed by atoms with van der Waals surface area (Å²) in [5.74, 6) is 0. The minimum Gasteiger partial charge on any atom is -0.755 e. The first-order valence-electron chi connectivity index (χ1n) is 6.08. The second-order valence-electron chi connectivity index (χ2n) is 4.44. The molecule has 0 aromatic heterocycles. The normalized spacial score (nSPS) is 13.0. The fraction of sp³-hybridized carbons (Fsp3) is 0.143. The van der Waals surface area contributed by atoms with Crippen LogP contribution >= 0.6 is 0 Å². The summed E-state index contributed by atoms with van der Waals surface area (Å²) in [6, 6.07) is 8.92. The maximum Gasteiger partial charge on any atom is 0.416 e. The van der Waals surface area contributed by atoms with Crippen molar-refractivity contribution in [1.29, 1.82) is 0 Å². The van der Waals surface area contributed by atoms with Crippen molar-refractivity contribution in [3.05, 3.63) is 53.6 Å². The molecule has 1 atom stereocenters. The standard InChI is InChI=1S/C14H12F3NO3S/c15-14(16,17)11-3-1-9(2-4-11)13-6-5-12(18-22(20)21)7-10(13)8-19/h1-7,18-19H,8H2,(H,20,21)/p-1. The minimum absolute atomic E-state index is 0.257. The number of alkyl halides is 3. The molecule has 0 saturated carbocycles. The van der Waals surface area contributed by atoms with Crippen molar-refractivity contribution in [2.24, 2.45) is 0 Å². The summed E-state index contributed by atoms with van der Waals surface area (Å²) in [5.41, 5.74) is 0.912. The number of rotatable bonds is 4. The van der Waals surface area contributed by atoms with Crippen LogP contribution in [0, 0.1) is 0 Å². The van der Waals surface area contributed by atoms with Gasteiger partial charge >= 0.3 is 6.18 Å². The Morgan fingerprint density at radius 3 is 2.27 bits per heavy atom. The number of nitrogens with one attached hydrogen (secondary N) is 1. The highest BCUT2D eigenvalue weighted by atomic mass is 32.2. The van der Waals surface area contributed by atoms with Crippen molar-refractivity contribution in [2.75, 3.05) is 4.72 Å². The molecule has 0 aliphatic carbocycles. The Balaban J connectivity index is 2.37. The fourth-order valence-electron chi connectivity index (χ4n) is 2.00. The SMILES string of the molecule is O=S([O-])Nc1ccc(-c2ccc(C(F)(F)F)cc2)c(CO)c1. The number of halogens is 3. The van der Waals surface area contributed by atoms with Gasteiger partial charge in [-0.25, -0.2) is 0 Å². The van der Waals surface area contributed by atoms with E-state index >= 15 is 0 Å². The van der Waals surface area contributed by atoms with Crippen molar-refractivity contribution in [3.8, 4) is 11.1 Å². The van der Waals surface area contributed by atoms with E-state index in [0.29, 0.717) is 16.7 Å². The molecule has 0 spiro atoms. The van der Waals surface area contributed by atoms with E-state index in [-0.39, 0.29) is 12.3 Å². The second kappa shape index (κ2) is 6.47. The summed E-state index contributed by atoms with van der Waals surface area (Å²) < 4.78 is 60.9.